The molecule has 4 N–H and O–H groups in total. The largest absolute Gasteiger partial charge is 0.399 e. The van der Waals surface area contributed by atoms with Crippen molar-refractivity contribution in [2.75, 3.05) is 11.1 Å². The molecule has 1 amide bonds. The average molecular weight is 255 g/mol. The van der Waals surface area contributed by atoms with E-state index in [1.165, 1.54) is 0 Å². The van der Waals surface area contributed by atoms with Gasteiger partial charge in [0.25, 0.3) is 5.91 Å². The standard InChI is InChI=1S/C13H13N5O/c1-18-5-4-12(17-18)16-13(19)11-7-8-6-9(14)2-3-10(8)15-11/h2-7,15H,14H2,1H3,(H,16,17,19). The van der Waals surface area contributed by atoms with Crippen LogP contribution in [0.4, 0.5) is 11.5 Å². The summed E-state index contributed by atoms with van der Waals surface area (Å²) in [4.78, 5) is 15.1. The molecule has 2 heterocycles. The fraction of sp³-hybridized carbons (Fsp3) is 0.0769. The van der Waals surface area contributed by atoms with E-state index in [1.807, 2.05) is 12.1 Å². The number of aromatic amines is 1. The molecule has 0 bridgehead atoms. The molecule has 1 aromatic carbocycles. The predicted molar refractivity (Wildman–Crippen MR) is 73.9 cm³/mol. The first-order chi connectivity index (χ1) is 9.11. The summed E-state index contributed by atoms with van der Waals surface area (Å²) in [6.45, 7) is 0. The van der Waals surface area contributed by atoms with E-state index >= 15 is 0 Å². The Balaban J connectivity index is 1.89. The Kier molecular flexibility index (Phi) is 2.49. The number of hydrogen-bond acceptors (Lipinski definition) is 3. The van der Waals surface area contributed by atoms with Gasteiger partial charge in [0.15, 0.2) is 5.82 Å². The molecule has 0 aliphatic rings. The maximum absolute atomic E-state index is 12.1. The molecule has 0 spiro atoms. The van der Waals surface area contributed by atoms with Gasteiger partial charge < -0.3 is 16.0 Å². The fourth-order valence-electron chi connectivity index (χ4n) is 1.94. The van der Waals surface area contributed by atoms with Gasteiger partial charge in [0.1, 0.15) is 5.69 Å². The van der Waals surface area contributed by atoms with Gasteiger partial charge in [0.05, 0.1) is 0 Å². The first kappa shape index (κ1) is 11.3. The van der Waals surface area contributed by atoms with Gasteiger partial charge in [-0.25, -0.2) is 0 Å². The number of nitrogens with one attached hydrogen (secondary N) is 2. The number of rotatable bonds is 2. The molecular weight excluding hydrogens is 242 g/mol. The van der Waals surface area contributed by atoms with Crippen molar-refractivity contribution in [3.63, 3.8) is 0 Å². The zero-order chi connectivity index (χ0) is 13.4. The number of nitrogen functional groups attached to an aromatic ring is 1. The minimum atomic E-state index is -0.228. The van der Waals surface area contributed by atoms with E-state index in [1.54, 1.807) is 36.1 Å². The molecule has 6 heteroatoms. The van der Waals surface area contributed by atoms with Crippen molar-refractivity contribution in [1.29, 1.82) is 0 Å². The van der Waals surface area contributed by atoms with E-state index in [4.69, 9.17) is 5.73 Å². The minimum absolute atomic E-state index is 0.228. The summed E-state index contributed by atoms with van der Waals surface area (Å²) in [5.74, 6) is 0.291. The molecule has 2 aromatic heterocycles. The normalized spacial score (nSPS) is 10.8. The summed E-state index contributed by atoms with van der Waals surface area (Å²) in [5.41, 5.74) is 7.73. The number of nitrogens with zero attached hydrogens (tertiary/aromatic N) is 2. The molecular formula is C13H13N5O. The van der Waals surface area contributed by atoms with Gasteiger partial charge in [0, 0.05) is 35.9 Å². The highest BCUT2D eigenvalue weighted by Gasteiger charge is 2.10. The number of nitrogens with two attached hydrogens (primary N) is 1. The van der Waals surface area contributed by atoms with Crippen LogP contribution in [-0.2, 0) is 7.05 Å². The molecule has 0 radical (unpaired) electrons. The molecule has 6 nitrogen and oxygen atoms in total. The average Bonchev–Trinajstić information content (AvgIpc) is 2.95. The number of carbonyl (C=O) groups excluding carboxylic acids is 1. The Bertz CT molecular complexity index is 755. The summed E-state index contributed by atoms with van der Waals surface area (Å²) >= 11 is 0. The first-order valence-corrected chi connectivity index (χ1v) is 5.81. The summed E-state index contributed by atoms with van der Waals surface area (Å²) in [6.07, 6.45) is 1.77. The van der Waals surface area contributed by atoms with Crippen molar-refractivity contribution >= 4 is 28.3 Å². The van der Waals surface area contributed by atoms with Gasteiger partial charge in [-0.2, -0.15) is 5.10 Å². The van der Waals surface area contributed by atoms with E-state index in [9.17, 15) is 4.79 Å². The molecule has 0 aliphatic carbocycles. The zero-order valence-electron chi connectivity index (χ0n) is 10.3. The summed E-state index contributed by atoms with van der Waals surface area (Å²) in [6, 6.07) is 8.97. The monoisotopic (exact) mass is 255 g/mol. The van der Waals surface area contributed by atoms with Gasteiger partial charge in [-0.05, 0) is 24.3 Å². The van der Waals surface area contributed by atoms with Crippen LogP contribution in [0, 0.1) is 0 Å². The number of hydrogen-bond donors (Lipinski definition) is 3. The number of benzene rings is 1. The van der Waals surface area contributed by atoms with Gasteiger partial charge in [-0.3, -0.25) is 9.48 Å². The van der Waals surface area contributed by atoms with Crippen LogP contribution in [0.1, 0.15) is 10.5 Å². The maximum Gasteiger partial charge on any atom is 0.273 e. The third-order valence-corrected chi connectivity index (χ3v) is 2.84. The lowest BCUT2D eigenvalue weighted by Gasteiger charge is -1.98. The molecule has 19 heavy (non-hydrogen) atoms. The summed E-state index contributed by atoms with van der Waals surface area (Å²) in [5, 5.41) is 7.72. The molecule has 3 rings (SSSR count). The number of amides is 1. The summed E-state index contributed by atoms with van der Waals surface area (Å²) in [7, 11) is 1.79. The topological polar surface area (TPSA) is 88.7 Å². The number of aryl methyl sites for hydroxylation is 1. The first-order valence-electron chi connectivity index (χ1n) is 5.81. The molecule has 0 unspecified atom stereocenters. The van der Waals surface area contributed by atoms with Crippen LogP contribution >= 0.6 is 0 Å². The van der Waals surface area contributed by atoms with Crippen molar-refractivity contribution in [2.45, 2.75) is 0 Å². The van der Waals surface area contributed by atoms with Gasteiger partial charge in [0.2, 0.25) is 0 Å². The van der Waals surface area contributed by atoms with Crippen molar-refractivity contribution in [2.24, 2.45) is 7.05 Å². The van der Waals surface area contributed by atoms with Crippen LogP contribution in [0.15, 0.2) is 36.5 Å². The smallest absolute Gasteiger partial charge is 0.273 e. The van der Waals surface area contributed by atoms with E-state index in [-0.39, 0.29) is 5.91 Å². The molecule has 0 saturated carbocycles. The van der Waals surface area contributed by atoms with Crippen LogP contribution in [0.2, 0.25) is 0 Å². The fourth-order valence-corrected chi connectivity index (χ4v) is 1.94. The number of anilines is 2. The molecule has 96 valence electrons. The van der Waals surface area contributed by atoms with Crippen molar-refractivity contribution < 1.29 is 4.79 Å². The highest BCUT2D eigenvalue weighted by atomic mass is 16.2. The lowest BCUT2D eigenvalue weighted by Crippen LogP contribution is -2.12. The van der Waals surface area contributed by atoms with Crippen molar-refractivity contribution in [3.8, 4) is 0 Å². The second kappa shape index (κ2) is 4.16. The Morgan fingerprint density at radius 1 is 1.37 bits per heavy atom. The Labute approximate surface area is 109 Å². The molecule has 0 saturated heterocycles. The second-order valence-electron chi connectivity index (χ2n) is 4.36. The van der Waals surface area contributed by atoms with Crippen molar-refractivity contribution in [1.82, 2.24) is 14.8 Å². The van der Waals surface area contributed by atoms with Crippen LogP contribution < -0.4 is 11.1 Å². The van der Waals surface area contributed by atoms with E-state index in [0.29, 0.717) is 17.2 Å². The number of fused-ring (bicyclic) bond motifs is 1. The zero-order valence-corrected chi connectivity index (χ0v) is 10.3. The molecule has 0 atom stereocenters. The van der Waals surface area contributed by atoms with E-state index in [2.05, 4.69) is 15.4 Å². The molecule has 3 aromatic rings. The lowest BCUT2D eigenvalue weighted by atomic mass is 10.2. The SMILES string of the molecule is Cn1ccc(NC(=O)c2cc3cc(N)ccc3[nH]2)n1. The van der Waals surface area contributed by atoms with Gasteiger partial charge in [-0.15, -0.1) is 0 Å². The quantitative estimate of drug-likeness (QED) is 0.609. The number of H-pyrrole nitrogens is 1. The second-order valence-corrected chi connectivity index (χ2v) is 4.36. The third kappa shape index (κ3) is 2.15. The Morgan fingerprint density at radius 3 is 2.95 bits per heavy atom. The van der Waals surface area contributed by atoms with Crippen LogP contribution in [-0.4, -0.2) is 20.7 Å². The molecule has 0 fully saturated rings. The Hall–Kier alpha value is -2.76. The number of aromatic nitrogens is 3. The van der Waals surface area contributed by atoms with Crippen LogP contribution in [0.5, 0.6) is 0 Å². The third-order valence-electron chi connectivity index (χ3n) is 2.84. The number of carbonyl (C=O) groups is 1. The van der Waals surface area contributed by atoms with Gasteiger partial charge >= 0.3 is 0 Å². The van der Waals surface area contributed by atoms with E-state index in [0.717, 1.165) is 10.9 Å². The lowest BCUT2D eigenvalue weighted by molar-refractivity contribution is 0.102. The van der Waals surface area contributed by atoms with Crippen molar-refractivity contribution in [3.05, 3.63) is 42.2 Å². The predicted octanol–water partition coefficient (Wildman–Crippen LogP) is 1.74. The maximum atomic E-state index is 12.1. The van der Waals surface area contributed by atoms with Crippen LogP contribution in [0.3, 0.4) is 0 Å². The molecule has 0 aliphatic heterocycles. The Morgan fingerprint density at radius 2 is 2.21 bits per heavy atom. The van der Waals surface area contributed by atoms with E-state index < -0.39 is 0 Å². The van der Waals surface area contributed by atoms with Crippen LogP contribution in [0.25, 0.3) is 10.9 Å². The minimum Gasteiger partial charge on any atom is -0.399 e. The van der Waals surface area contributed by atoms with Gasteiger partial charge in [-0.1, -0.05) is 0 Å². The highest BCUT2D eigenvalue weighted by molar-refractivity contribution is 6.05. The highest BCUT2D eigenvalue weighted by Crippen LogP contribution is 2.19. The summed E-state index contributed by atoms with van der Waals surface area (Å²) < 4.78 is 1.63.